The molecule has 3 N–H and O–H groups in total. The zero-order valence-electron chi connectivity index (χ0n) is 23.6. The van der Waals surface area contributed by atoms with Crippen molar-refractivity contribution in [2.75, 3.05) is 13.2 Å². The van der Waals surface area contributed by atoms with Crippen molar-refractivity contribution in [3.8, 4) is 16.9 Å². The van der Waals surface area contributed by atoms with Gasteiger partial charge in [-0.3, -0.25) is 0 Å². The van der Waals surface area contributed by atoms with Crippen molar-refractivity contribution in [1.82, 2.24) is 5.32 Å². The van der Waals surface area contributed by atoms with Crippen LogP contribution >= 0.6 is 0 Å². The van der Waals surface area contributed by atoms with E-state index in [0.29, 0.717) is 24.3 Å². The number of aliphatic hydroxyl groups excluding tert-OH is 1. The molecule has 6 nitrogen and oxygen atoms in total. The first-order valence-electron chi connectivity index (χ1n) is 13.3. The average Bonchev–Trinajstić information content (AvgIpc) is 2.88. The van der Waals surface area contributed by atoms with Gasteiger partial charge in [0.15, 0.2) is 0 Å². The summed E-state index contributed by atoms with van der Waals surface area (Å²) in [5.74, 6) is 0.183. The lowest BCUT2D eigenvalue weighted by atomic mass is 9.92. The van der Waals surface area contributed by atoms with Crippen LogP contribution in [0.25, 0.3) is 11.1 Å². The maximum atomic E-state index is 13.9. The maximum absolute atomic E-state index is 13.9. The third-order valence-electron chi connectivity index (χ3n) is 6.78. The summed E-state index contributed by atoms with van der Waals surface area (Å²) in [5, 5.41) is 23.1. The van der Waals surface area contributed by atoms with E-state index in [0.717, 1.165) is 27.8 Å². The van der Waals surface area contributed by atoms with Gasteiger partial charge in [0.25, 0.3) is 0 Å². The van der Waals surface area contributed by atoms with Crippen LogP contribution in [0.1, 0.15) is 68.9 Å². The van der Waals surface area contributed by atoms with Gasteiger partial charge in [0, 0.05) is 12.1 Å². The van der Waals surface area contributed by atoms with E-state index in [-0.39, 0.29) is 30.0 Å². The van der Waals surface area contributed by atoms with Gasteiger partial charge in [-0.2, -0.15) is 0 Å². The lowest BCUT2D eigenvalue weighted by Gasteiger charge is -2.28. The number of aryl methyl sites for hydroxylation is 1. The summed E-state index contributed by atoms with van der Waals surface area (Å²) in [4.78, 5) is 11.1. The topological polar surface area (TPSA) is 88.0 Å². The minimum absolute atomic E-state index is 0.0667. The van der Waals surface area contributed by atoms with E-state index in [1.165, 1.54) is 0 Å². The van der Waals surface area contributed by atoms with Gasteiger partial charge >= 0.3 is 6.16 Å². The molecular formula is C32H40FNO5. The molecule has 0 heterocycles. The summed E-state index contributed by atoms with van der Waals surface area (Å²) in [6.45, 7) is 12.2. The number of aliphatic hydroxyl groups is 1. The third kappa shape index (κ3) is 8.62. The van der Waals surface area contributed by atoms with Gasteiger partial charge in [0.1, 0.15) is 11.6 Å². The van der Waals surface area contributed by atoms with Crippen molar-refractivity contribution in [2.24, 2.45) is 0 Å². The fourth-order valence-corrected chi connectivity index (χ4v) is 4.59. The van der Waals surface area contributed by atoms with E-state index in [9.17, 15) is 14.3 Å². The number of benzene rings is 3. The van der Waals surface area contributed by atoms with E-state index in [4.69, 9.17) is 14.6 Å². The number of carbonyl (C=O) groups is 1. The summed E-state index contributed by atoms with van der Waals surface area (Å²) in [6.07, 6.45) is -1.74. The van der Waals surface area contributed by atoms with Gasteiger partial charge in [-0.25, -0.2) is 9.18 Å². The van der Waals surface area contributed by atoms with Crippen LogP contribution in [0.3, 0.4) is 0 Å². The molecule has 210 valence electrons. The number of hydrogen-bond donors (Lipinski definition) is 3. The standard InChI is InChI=1S/C32H40FNO5/c1-20(2)28-16-24(13-14-30(28)39-31(36)37)27-10-8-7-9-26(27)22(4)38-19-25(35)18-34-32(5,6)17-23-12-11-21(3)29(33)15-23/h7-16,20,22,25,34-35H,17-19H2,1-6H3,(H,36,37)/t22?,25-/m1/s1. The lowest BCUT2D eigenvalue weighted by Crippen LogP contribution is -2.46. The highest BCUT2D eigenvalue weighted by molar-refractivity contribution is 5.71. The van der Waals surface area contributed by atoms with Crippen LogP contribution in [-0.4, -0.2) is 41.2 Å². The molecule has 0 aliphatic heterocycles. The number of β-amino-alcohol motifs (C(OH)–C–C–N with tert-alkyl or cyclic N) is 1. The first-order valence-corrected chi connectivity index (χ1v) is 13.3. The van der Waals surface area contributed by atoms with Crippen LogP contribution in [0.2, 0.25) is 0 Å². The van der Waals surface area contributed by atoms with Crippen molar-refractivity contribution in [3.63, 3.8) is 0 Å². The molecular weight excluding hydrogens is 497 g/mol. The van der Waals surface area contributed by atoms with Gasteiger partial charge in [-0.1, -0.05) is 56.3 Å². The quantitative estimate of drug-likeness (QED) is 0.170. The Labute approximate surface area is 230 Å². The van der Waals surface area contributed by atoms with Crippen molar-refractivity contribution < 1.29 is 28.9 Å². The SMILES string of the molecule is Cc1ccc(CC(C)(C)NC[C@@H](O)COC(C)c2ccccc2-c2ccc(OC(=O)O)c(C(C)C)c2)cc1F. The zero-order chi connectivity index (χ0) is 28.7. The van der Waals surface area contributed by atoms with E-state index in [1.54, 1.807) is 25.1 Å². The number of nitrogens with one attached hydrogen (secondary N) is 1. The minimum atomic E-state index is -1.34. The molecule has 0 aliphatic rings. The Morgan fingerprint density at radius 1 is 1.03 bits per heavy atom. The van der Waals surface area contributed by atoms with Gasteiger partial charge in [0.05, 0.1) is 18.8 Å². The van der Waals surface area contributed by atoms with E-state index in [1.807, 2.05) is 77.1 Å². The minimum Gasteiger partial charge on any atom is -0.449 e. The monoisotopic (exact) mass is 537 g/mol. The lowest BCUT2D eigenvalue weighted by molar-refractivity contribution is -0.00397. The molecule has 0 saturated heterocycles. The smallest absolute Gasteiger partial charge is 0.449 e. The number of rotatable bonds is 12. The fourth-order valence-electron chi connectivity index (χ4n) is 4.59. The number of ether oxygens (including phenoxy) is 2. The molecule has 39 heavy (non-hydrogen) atoms. The van der Waals surface area contributed by atoms with Gasteiger partial charge in [0.2, 0.25) is 0 Å². The van der Waals surface area contributed by atoms with Crippen molar-refractivity contribution in [3.05, 3.63) is 88.7 Å². The molecule has 0 aromatic heterocycles. The molecule has 0 spiro atoms. The Morgan fingerprint density at radius 2 is 1.74 bits per heavy atom. The molecule has 0 radical (unpaired) electrons. The van der Waals surface area contributed by atoms with E-state index < -0.39 is 12.3 Å². The molecule has 2 atom stereocenters. The highest BCUT2D eigenvalue weighted by Gasteiger charge is 2.21. The van der Waals surface area contributed by atoms with Crippen LogP contribution in [0, 0.1) is 12.7 Å². The predicted molar refractivity (Wildman–Crippen MR) is 152 cm³/mol. The summed E-state index contributed by atoms with van der Waals surface area (Å²) >= 11 is 0. The first-order chi connectivity index (χ1) is 18.4. The Bertz CT molecular complexity index is 1270. The molecule has 3 aromatic carbocycles. The van der Waals surface area contributed by atoms with Crippen LogP contribution in [0.5, 0.6) is 5.75 Å². The van der Waals surface area contributed by atoms with Gasteiger partial charge in [-0.15, -0.1) is 0 Å². The number of halogens is 1. The second-order valence-electron chi connectivity index (χ2n) is 11.0. The summed E-state index contributed by atoms with van der Waals surface area (Å²) in [6, 6.07) is 18.6. The van der Waals surface area contributed by atoms with Gasteiger partial charge in [-0.05, 0) is 91.6 Å². The second-order valence-corrected chi connectivity index (χ2v) is 11.0. The molecule has 0 amide bonds. The summed E-state index contributed by atoms with van der Waals surface area (Å²) < 4.78 is 25.0. The maximum Gasteiger partial charge on any atom is 0.511 e. The van der Waals surface area contributed by atoms with E-state index >= 15 is 0 Å². The summed E-state index contributed by atoms with van der Waals surface area (Å²) in [7, 11) is 0. The van der Waals surface area contributed by atoms with E-state index in [2.05, 4.69) is 5.32 Å². The molecule has 0 saturated carbocycles. The predicted octanol–water partition coefficient (Wildman–Crippen LogP) is 7.03. The fraction of sp³-hybridized carbons (Fsp3) is 0.406. The van der Waals surface area contributed by atoms with Crippen LogP contribution in [-0.2, 0) is 11.2 Å². The van der Waals surface area contributed by atoms with Crippen molar-refractivity contribution in [1.29, 1.82) is 0 Å². The molecule has 3 aromatic rings. The van der Waals surface area contributed by atoms with Crippen LogP contribution in [0.4, 0.5) is 9.18 Å². The van der Waals surface area contributed by atoms with Crippen molar-refractivity contribution >= 4 is 6.16 Å². The largest absolute Gasteiger partial charge is 0.511 e. The Balaban J connectivity index is 1.63. The third-order valence-corrected chi connectivity index (χ3v) is 6.78. The Hall–Kier alpha value is -3.26. The molecule has 0 bridgehead atoms. The van der Waals surface area contributed by atoms with Crippen molar-refractivity contribution in [2.45, 2.75) is 71.6 Å². The molecule has 3 rings (SSSR count). The Kier molecular flexibility index (Phi) is 10.2. The van der Waals surface area contributed by atoms with Crippen LogP contribution in [0.15, 0.2) is 60.7 Å². The molecule has 0 fully saturated rings. The summed E-state index contributed by atoms with van der Waals surface area (Å²) in [5.41, 5.74) is 4.83. The molecule has 1 unspecified atom stereocenters. The first kappa shape index (κ1) is 30.3. The highest BCUT2D eigenvalue weighted by Crippen LogP contribution is 2.35. The average molecular weight is 538 g/mol. The second kappa shape index (κ2) is 13.2. The zero-order valence-corrected chi connectivity index (χ0v) is 23.6. The molecule has 0 aliphatic carbocycles. The Morgan fingerprint density at radius 3 is 2.41 bits per heavy atom. The number of hydrogen-bond acceptors (Lipinski definition) is 5. The van der Waals surface area contributed by atoms with Gasteiger partial charge < -0.3 is 25.0 Å². The normalized spacial score (nSPS) is 13.4. The van der Waals surface area contributed by atoms with Crippen LogP contribution < -0.4 is 10.1 Å². The number of carboxylic acid groups (broad SMARTS) is 1. The molecule has 7 heteroatoms. The highest BCUT2D eigenvalue weighted by atomic mass is 19.1.